The molecule has 0 aliphatic heterocycles. The third-order valence-corrected chi connectivity index (χ3v) is 0.347. The second-order valence-corrected chi connectivity index (χ2v) is 0.676. The van der Waals surface area contributed by atoms with Crippen LogP contribution >= 0.6 is 0 Å². The van der Waals surface area contributed by atoms with Crippen molar-refractivity contribution < 1.29 is 26.8 Å². The van der Waals surface area contributed by atoms with Crippen molar-refractivity contribution in [2.75, 3.05) is 0 Å². The van der Waals surface area contributed by atoms with E-state index in [0.717, 1.165) is 0 Å². The zero-order valence-electron chi connectivity index (χ0n) is 2.89. The molecule has 0 radical (unpaired) electrons. The molecule has 0 unspecified atom stereocenters. The first kappa shape index (κ1) is 5.95. The molecule has 1 aromatic heterocycles. The largest absolute Gasteiger partial charge is 1.00 e. The summed E-state index contributed by atoms with van der Waals surface area (Å²) in [6.07, 6.45) is 4.47. The van der Waals surface area contributed by atoms with Crippen molar-refractivity contribution in [1.82, 2.24) is 4.98 Å². The first-order valence-corrected chi connectivity index (χ1v) is 1.32. The normalized spacial score (nSPS) is 6.67. The Morgan fingerprint density at radius 1 is 1.50 bits per heavy atom. The van der Waals surface area contributed by atoms with Crippen molar-refractivity contribution in [2.45, 2.75) is 0 Å². The van der Waals surface area contributed by atoms with E-state index in [9.17, 15) is 0 Å². The van der Waals surface area contributed by atoms with Crippen molar-refractivity contribution in [2.24, 2.45) is 0 Å². The Morgan fingerprint density at radius 2 is 2.33 bits per heavy atom. The molecule has 0 fully saturated rings. The molecule has 0 aromatic carbocycles. The first-order valence-electron chi connectivity index (χ1n) is 1.32. The van der Waals surface area contributed by atoms with Crippen LogP contribution < -0.4 is 0 Å². The standard InChI is InChI=1S/C3H3NO.Au/c1-2-5-3-4-1;/h1-3H;/q;+1. The summed E-state index contributed by atoms with van der Waals surface area (Å²) >= 11 is 0. The number of nitrogens with zero attached hydrogens (tertiary/aromatic N) is 1. The van der Waals surface area contributed by atoms with Crippen LogP contribution in [0, 0.1) is 0 Å². The minimum absolute atomic E-state index is 0. The summed E-state index contributed by atoms with van der Waals surface area (Å²) in [6, 6.07) is 0. The summed E-state index contributed by atoms with van der Waals surface area (Å²) in [5, 5.41) is 0. The Labute approximate surface area is 51.1 Å². The fraction of sp³-hybridized carbons (Fsp3) is 0. The summed E-state index contributed by atoms with van der Waals surface area (Å²) in [5.41, 5.74) is 0. The van der Waals surface area contributed by atoms with Crippen molar-refractivity contribution in [3.05, 3.63) is 18.9 Å². The van der Waals surface area contributed by atoms with Gasteiger partial charge in [-0.15, -0.1) is 0 Å². The average molecular weight is 266 g/mol. The summed E-state index contributed by atoms with van der Waals surface area (Å²) in [6.45, 7) is 0. The van der Waals surface area contributed by atoms with Crippen LogP contribution in [0.3, 0.4) is 0 Å². The maximum absolute atomic E-state index is 4.47. The van der Waals surface area contributed by atoms with Gasteiger partial charge in [-0.05, 0) is 0 Å². The fourth-order valence-electron chi connectivity index (χ4n) is 0.176. The predicted octanol–water partition coefficient (Wildman–Crippen LogP) is 0.672. The second kappa shape index (κ2) is 3.15. The van der Waals surface area contributed by atoms with Crippen molar-refractivity contribution in [3.63, 3.8) is 0 Å². The zero-order chi connectivity index (χ0) is 3.54. The summed E-state index contributed by atoms with van der Waals surface area (Å²) in [7, 11) is 0. The van der Waals surface area contributed by atoms with Gasteiger partial charge in [0.05, 0.1) is 6.20 Å². The van der Waals surface area contributed by atoms with E-state index < -0.39 is 0 Å². The topological polar surface area (TPSA) is 26.0 Å². The number of hydrogen-bond acceptors (Lipinski definition) is 2. The molecule has 36 valence electrons. The van der Waals surface area contributed by atoms with E-state index in [1.54, 1.807) is 6.20 Å². The van der Waals surface area contributed by atoms with Gasteiger partial charge >= 0.3 is 22.4 Å². The van der Waals surface area contributed by atoms with Crippen LogP contribution in [0.1, 0.15) is 0 Å². The molecule has 0 saturated heterocycles. The Bertz CT molecular complexity index is 67.3. The van der Waals surface area contributed by atoms with Gasteiger partial charge in [0, 0.05) is 0 Å². The van der Waals surface area contributed by atoms with Crippen LogP contribution in [0.15, 0.2) is 23.3 Å². The van der Waals surface area contributed by atoms with Crippen LogP contribution in [0.25, 0.3) is 0 Å². The summed E-state index contributed by atoms with van der Waals surface area (Å²) in [5.74, 6) is 0. The van der Waals surface area contributed by atoms with E-state index in [1.807, 2.05) is 0 Å². The number of hydrogen-bond donors (Lipinski definition) is 0. The number of aromatic nitrogens is 1. The smallest absolute Gasteiger partial charge is 0.452 e. The van der Waals surface area contributed by atoms with Gasteiger partial charge in [0.15, 0.2) is 6.39 Å². The SMILES string of the molecule is [Au+].c1cocn1. The molecule has 0 aliphatic rings. The Morgan fingerprint density at radius 3 is 2.50 bits per heavy atom. The van der Waals surface area contributed by atoms with E-state index in [1.165, 1.54) is 12.7 Å². The van der Waals surface area contributed by atoms with Crippen LogP contribution in [-0.2, 0) is 22.4 Å². The molecular formula is C3H3AuNO+. The minimum Gasteiger partial charge on any atom is -0.452 e. The Balaban J connectivity index is 0.000000250. The van der Waals surface area contributed by atoms with Crippen LogP contribution in [0.4, 0.5) is 0 Å². The van der Waals surface area contributed by atoms with E-state index in [-0.39, 0.29) is 22.4 Å². The molecule has 2 nitrogen and oxygen atoms in total. The number of oxazole rings is 1. The van der Waals surface area contributed by atoms with Gasteiger partial charge < -0.3 is 4.42 Å². The molecule has 3 heteroatoms. The molecule has 0 atom stereocenters. The van der Waals surface area contributed by atoms with Crippen LogP contribution in [0.2, 0.25) is 0 Å². The molecule has 0 spiro atoms. The quantitative estimate of drug-likeness (QED) is 0.645. The molecule has 0 N–H and O–H groups in total. The average Bonchev–Trinajstić information content (AvgIpc) is 1.76. The molecule has 1 rings (SSSR count). The predicted molar refractivity (Wildman–Crippen MR) is 16.5 cm³/mol. The third kappa shape index (κ3) is 1.40. The Hall–Kier alpha value is -0.0497. The molecule has 1 heterocycles. The van der Waals surface area contributed by atoms with Crippen molar-refractivity contribution in [3.8, 4) is 0 Å². The van der Waals surface area contributed by atoms with E-state index in [4.69, 9.17) is 0 Å². The van der Waals surface area contributed by atoms with E-state index in [0.29, 0.717) is 0 Å². The van der Waals surface area contributed by atoms with Crippen LogP contribution in [0.5, 0.6) is 0 Å². The molecule has 0 bridgehead atoms. The van der Waals surface area contributed by atoms with E-state index in [2.05, 4.69) is 9.40 Å². The fourth-order valence-corrected chi connectivity index (χ4v) is 0.176. The van der Waals surface area contributed by atoms with Gasteiger partial charge in [-0.25, -0.2) is 4.98 Å². The molecule has 0 saturated carbocycles. The van der Waals surface area contributed by atoms with Crippen molar-refractivity contribution in [1.29, 1.82) is 0 Å². The molecule has 1 aromatic rings. The van der Waals surface area contributed by atoms with Gasteiger partial charge in [-0.3, -0.25) is 0 Å². The first-order chi connectivity index (χ1) is 2.50. The van der Waals surface area contributed by atoms with Gasteiger partial charge in [0.2, 0.25) is 0 Å². The monoisotopic (exact) mass is 266 g/mol. The molecular weight excluding hydrogens is 263 g/mol. The van der Waals surface area contributed by atoms with Gasteiger partial charge in [-0.2, -0.15) is 0 Å². The summed E-state index contributed by atoms with van der Waals surface area (Å²) < 4.78 is 4.47. The molecule has 6 heavy (non-hydrogen) atoms. The van der Waals surface area contributed by atoms with Gasteiger partial charge in [0.1, 0.15) is 6.26 Å². The zero-order valence-corrected chi connectivity index (χ0v) is 5.06. The molecule has 0 amide bonds. The second-order valence-electron chi connectivity index (χ2n) is 0.676. The summed E-state index contributed by atoms with van der Waals surface area (Å²) in [4.78, 5) is 3.56. The third-order valence-electron chi connectivity index (χ3n) is 0.347. The maximum atomic E-state index is 4.47. The van der Waals surface area contributed by atoms with E-state index >= 15 is 0 Å². The van der Waals surface area contributed by atoms with Crippen LogP contribution in [-0.4, -0.2) is 4.98 Å². The minimum atomic E-state index is 0. The number of rotatable bonds is 0. The molecule has 0 aliphatic carbocycles. The van der Waals surface area contributed by atoms with Crippen molar-refractivity contribution >= 4 is 0 Å². The van der Waals surface area contributed by atoms with Gasteiger partial charge in [0.25, 0.3) is 0 Å². The maximum Gasteiger partial charge on any atom is 1.00 e. The Kier molecular flexibility index (Phi) is 3.13. The van der Waals surface area contributed by atoms with Gasteiger partial charge in [-0.1, -0.05) is 0 Å².